The van der Waals surface area contributed by atoms with Crippen LogP contribution in [0.1, 0.15) is 31.0 Å². The van der Waals surface area contributed by atoms with Gasteiger partial charge in [0.05, 0.1) is 35.6 Å². The normalized spacial score (nSPS) is 15.6. The standard InChI is InChI=1S/C25H22F2N2O5S/c1-4-33-23(31)20-14(2)28-25-29(21(20)16-8-10-17(11-9-16)34-24(26)27)22(30)19(35-25)13-15-6-5-7-18(12-15)32-3/h5-13,21,24H,4H2,1-3H3/b19-13+/t21-/m1/s1. The number of carbonyl (C=O) groups is 1. The smallest absolute Gasteiger partial charge is 0.387 e. The van der Waals surface area contributed by atoms with Crippen LogP contribution in [0.4, 0.5) is 8.78 Å². The van der Waals surface area contributed by atoms with Crippen molar-refractivity contribution >= 4 is 23.4 Å². The Bertz CT molecular complexity index is 1460. The first-order valence-electron chi connectivity index (χ1n) is 10.7. The Morgan fingerprint density at radius 2 is 1.94 bits per heavy atom. The molecule has 2 heterocycles. The van der Waals surface area contributed by atoms with E-state index in [-0.39, 0.29) is 23.5 Å². The van der Waals surface area contributed by atoms with Crippen LogP contribution in [0, 0.1) is 0 Å². The van der Waals surface area contributed by atoms with Crippen LogP contribution in [-0.4, -0.2) is 30.9 Å². The molecule has 0 fully saturated rings. The van der Waals surface area contributed by atoms with Gasteiger partial charge in [-0.05, 0) is 55.3 Å². The first kappa shape index (κ1) is 24.3. The van der Waals surface area contributed by atoms with Crippen molar-refractivity contribution in [1.82, 2.24) is 4.57 Å². The molecule has 0 aliphatic carbocycles. The van der Waals surface area contributed by atoms with E-state index in [1.165, 1.54) is 28.0 Å². The predicted octanol–water partition coefficient (Wildman–Crippen LogP) is 3.41. The van der Waals surface area contributed by atoms with Gasteiger partial charge in [-0.1, -0.05) is 35.6 Å². The van der Waals surface area contributed by atoms with Crippen molar-refractivity contribution in [2.24, 2.45) is 4.99 Å². The highest BCUT2D eigenvalue weighted by Gasteiger charge is 2.33. The van der Waals surface area contributed by atoms with Gasteiger partial charge >= 0.3 is 12.6 Å². The number of hydrogen-bond donors (Lipinski definition) is 0. The molecule has 1 atom stereocenters. The second kappa shape index (κ2) is 10.2. The number of esters is 1. The summed E-state index contributed by atoms with van der Waals surface area (Å²) in [5, 5.41) is 0. The largest absolute Gasteiger partial charge is 0.497 e. The van der Waals surface area contributed by atoms with E-state index in [1.807, 2.05) is 12.1 Å². The number of ether oxygens (including phenoxy) is 3. The second-order valence-corrected chi connectivity index (χ2v) is 8.54. The number of fused-ring (bicyclic) bond motifs is 1. The number of halogens is 2. The number of nitrogens with zero attached hydrogens (tertiary/aromatic N) is 2. The molecule has 0 spiro atoms. The number of aromatic nitrogens is 1. The van der Waals surface area contributed by atoms with Gasteiger partial charge in [0.1, 0.15) is 11.5 Å². The van der Waals surface area contributed by atoms with Crippen LogP contribution < -0.4 is 24.4 Å². The Morgan fingerprint density at radius 3 is 2.60 bits per heavy atom. The monoisotopic (exact) mass is 500 g/mol. The van der Waals surface area contributed by atoms with Crippen LogP contribution in [0.25, 0.3) is 6.08 Å². The molecule has 1 aliphatic heterocycles. The summed E-state index contributed by atoms with van der Waals surface area (Å²) in [6, 6.07) is 12.2. The van der Waals surface area contributed by atoms with Gasteiger partial charge in [-0.2, -0.15) is 8.78 Å². The van der Waals surface area contributed by atoms with Gasteiger partial charge < -0.3 is 14.2 Å². The van der Waals surface area contributed by atoms with Crippen LogP contribution in [0.15, 0.2) is 69.6 Å². The lowest BCUT2D eigenvalue weighted by Gasteiger charge is -2.24. The molecule has 182 valence electrons. The molecule has 1 aliphatic rings. The third-order valence-electron chi connectivity index (χ3n) is 5.33. The molecule has 35 heavy (non-hydrogen) atoms. The summed E-state index contributed by atoms with van der Waals surface area (Å²) in [7, 11) is 1.56. The van der Waals surface area contributed by atoms with Crippen molar-refractivity contribution in [2.75, 3.05) is 13.7 Å². The lowest BCUT2D eigenvalue weighted by molar-refractivity contribution is -0.139. The zero-order valence-electron chi connectivity index (χ0n) is 19.2. The molecule has 0 amide bonds. The SMILES string of the molecule is CCOC(=O)C1=C(C)N=c2s/c(=C/c3cccc(OC)c3)c(=O)n2[C@@H]1c1ccc(OC(F)F)cc1. The van der Waals surface area contributed by atoms with Crippen LogP contribution in [-0.2, 0) is 9.53 Å². The van der Waals surface area contributed by atoms with Crippen molar-refractivity contribution in [3.05, 3.63) is 90.6 Å². The van der Waals surface area contributed by atoms with Crippen LogP contribution in [0.5, 0.6) is 11.5 Å². The quantitative estimate of drug-likeness (QED) is 0.465. The van der Waals surface area contributed by atoms with Gasteiger partial charge in [-0.15, -0.1) is 0 Å². The van der Waals surface area contributed by atoms with E-state index in [9.17, 15) is 18.4 Å². The first-order chi connectivity index (χ1) is 16.8. The average Bonchev–Trinajstić information content (AvgIpc) is 3.13. The number of benzene rings is 2. The zero-order chi connectivity index (χ0) is 25.1. The van der Waals surface area contributed by atoms with E-state index in [0.29, 0.717) is 26.3 Å². The van der Waals surface area contributed by atoms with Gasteiger partial charge in [-0.3, -0.25) is 9.36 Å². The highest BCUT2D eigenvalue weighted by atomic mass is 32.1. The third kappa shape index (κ3) is 5.02. The molecular formula is C25H22F2N2O5S. The van der Waals surface area contributed by atoms with Gasteiger partial charge in [0.25, 0.3) is 5.56 Å². The molecular weight excluding hydrogens is 478 g/mol. The molecule has 1 aromatic heterocycles. The zero-order valence-corrected chi connectivity index (χ0v) is 20.0. The van der Waals surface area contributed by atoms with E-state index in [2.05, 4.69) is 9.73 Å². The third-order valence-corrected chi connectivity index (χ3v) is 6.31. The molecule has 0 unspecified atom stereocenters. The van der Waals surface area contributed by atoms with Crippen LogP contribution in [0.2, 0.25) is 0 Å². The highest BCUT2D eigenvalue weighted by molar-refractivity contribution is 7.07. The summed E-state index contributed by atoms with van der Waals surface area (Å²) >= 11 is 1.19. The fraction of sp³-hybridized carbons (Fsp3) is 0.240. The van der Waals surface area contributed by atoms with Crippen LogP contribution >= 0.6 is 11.3 Å². The summed E-state index contributed by atoms with van der Waals surface area (Å²) < 4.78 is 42.0. The van der Waals surface area contributed by atoms with Crippen LogP contribution in [0.3, 0.4) is 0 Å². The molecule has 10 heteroatoms. The second-order valence-electron chi connectivity index (χ2n) is 7.53. The summed E-state index contributed by atoms with van der Waals surface area (Å²) in [6.07, 6.45) is 1.73. The maximum absolute atomic E-state index is 13.6. The fourth-order valence-electron chi connectivity index (χ4n) is 3.82. The average molecular weight is 501 g/mol. The Hall–Kier alpha value is -3.79. The highest BCUT2D eigenvalue weighted by Crippen LogP contribution is 2.31. The summed E-state index contributed by atoms with van der Waals surface area (Å²) in [5.74, 6) is 0.0113. The van der Waals surface area contributed by atoms with Gasteiger partial charge in [-0.25, -0.2) is 9.79 Å². The molecule has 0 saturated carbocycles. The molecule has 0 N–H and O–H groups in total. The van der Waals surface area contributed by atoms with Gasteiger partial charge in [0, 0.05) is 0 Å². The maximum Gasteiger partial charge on any atom is 0.387 e. The topological polar surface area (TPSA) is 79.1 Å². The number of allylic oxidation sites excluding steroid dienone is 1. The Balaban J connectivity index is 1.89. The first-order valence-corrected chi connectivity index (χ1v) is 11.5. The molecule has 0 saturated heterocycles. The lowest BCUT2D eigenvalue weighted by Crippen LogP contribution is -2.39. The van der Waals surface area contributed by atoms with Crippen molar-refractivity contribution in [1.29, 1.82) is 0 Å². The number of methoxy groups -OCH3 is 1. The minimum atomic E-state index is -2.97. The minimum Gasteiger partial charge on any atom is -0.497 e. The number of rotatable bonds is 7. The molecule has 3 aromatic rings. The number of alkyl halides is 2. The van der Waals surface area contributed by atoms with Crippen molar-refractivity contribution in [2.45, 2.75) is 26.5 Å². The Morgan fingerprint density at radius 1 is 1.20 bits per heavy atom. The summed E-state index contributed by atoms with van der Waals surface area (Å²) in [5.41, 5.74) is 1.56. The minimum absolute atomic E-state index is 0.0347. The summed E-state index contributed by atoms with van der Waals surface area (Å²) in [4.78, 5) is 31.4. The van der Waals surface area contributed by atoms with E-state index < -0.39 is 18.6 Å². The Kier molecular flexibility index (Phi) is 7.11. The van der Waals surface area contributed by atoms with E-state index in [4.69, 9.17) is 9.47 Å². The fourth-order valence-corrected chi connectivity index (χ4v) is 4.87. The van der Waals surface area contributed by atoms with Gasteiger partial charge in [0.15, 0.2) is 4.80 Å². The maximum atomic E-state index is 13.6. The van der Waals surface area contributed by atoms with Crippen molar-refractivity contribution in [3.8, 4) is 11.5 Å². The molecule has 4 rings (SSSR count). The molecule has 0 bridgehead atoms. The van der Waals surface area contributed by atoms with E-state index in [0.717, 1.165) is 5.56 Å². The summed E-state index contributed by atoms with van der Waals surface area (Å²) in [6.45, 7) is 0.534. The number of carbonyl (C=O) groups excluding carboxylic acids is 1. The van der Waals surface area contributed by atoms with E-state index in [1.54, 1.807) is 51.3 Å². The number of hydrogen-bond acceptors (Lipinski definition) is 7. The van der Waals surface area contributed by atoms with Crippen molar-refractivity contribution in [3.63, 3.8) is 0 Å². The molecule has 2 aromatic carbocycles. The lowest BCUT2D eigenvalue weighted by atomic mass is 9.96. The van der Waals surface area contributed by atoms with Gasteiger partial charge in [0.2, 0.25) is 0 Å². The van der Waals surface area contributed by atoms with E-state index >= 15 is 0 Å². The van der Waals surface area contributed by atoms with Crippen molar-refractivity contribution < 1.29 is 27.8 Å². The Labute approximate surface area is 203 Å². The molecule has 0 radical (unpaired) electrons. The number of thiazole rings is 1. The molecule has 7 nitrogen and oxygen atoms in total. The predicted molar refractivity (Wildman–Crippen MR) is 126 cm³/mol.